The Morgan fingerprint density at radius 3 is 1.63 bits per heavy atom. The predicted molar refractivity (Wildman–Crippen MR) is 123 cm³/mol. The summed E-state index contributed by atoms with van der Waals surface area (Å²) in [6.07, 6.45) is 0.448. The van der Waals surface area contributed by atoms with Gasteiger partial charge in [-0.25, -0.2) is 0 Å². The number of carbonyl (C=O) groups excluding carboxylic acids is 1. The number of benzene rings is 3. The van der Waals surface area contributed by atoms with Crippen LogP contribution in [-0.2, 0) is 4.79 Å². The molecule has 1 N–H and O–H groups in total. The Balaban J connectivity index is 1.58. The molecule has 1 amide bonds. The van der Waals surface area contributed by atoms with Crippen molar-refractivity contribution in [3.63, 3.8) is 0 Å². The lowest BCUT2D eigenvalue weighted by Gasteiger charge is -2.15. The van der Waals surface area contributed by atoms with Gasteiger partial charge in [0.15, 0.2) is 0 Å². The number of hydrogen-bond acceptors (Lipinski definition) is 5. The van der Waals surface area contributed by atoms with E-state index in [4.69, 9.17) is 0 Å². The summed E-state index contributed by atoms with van der Waals surface area (Å²) in [5.41, 5.74) is 0.836. The van der Waals surface area contributed by atoms with E-state index < -0.39 is 0 Å². The molecule has 0 aliphatic heterocycles. The molecule has 27 heavy (non-hydrogen) atoms. The molecule has 0 unspecified atom stereocenters. The molecular weight excluding hydrogens is 411 g/mol. The van der Waals surface area contributed by atoms with Crippen molar-refractivity contribution >= 4 is 54.8 Å². The Kier molecular flexibility index (Phi) is 8.55. The molecule has 0 aliphatic carbocycles. The van der Waals surface area contributed by atoms with Gasteiger partial charge in [0, 0.05) is 21.9 Å². The Labute approximate surface area is 176 Å². The molecule has 0 spiro atoms. The lowest BCUT2D eigenvalue weighted by molar-refractivity contribution is -0.115. The van der Waals surface area contributed by atoms with Gasteiger partial charge in [-0.3, -0.25) is 4.79 Å². The molecule has 0 radical (unpaired) electrons. The number of rotatable bonds is 9. The molecule has 0 fully saturated rings. The van der Waals surface area contributed by atoms with Crippen LogP contribution in [0, 0.1) is 0 Å². The second kappa shape index (κ2) is 11.4. The fourth-order valence-electron chi connectivity index (χ4n) is 2.14. The van der Waals surface area contributed by atoms with E-state index in [1.807, 2.05) is 66.7 Å². The molecule has 0 atom stereocenters. The number of carbonyl (C=O) groups is 1. The zero-order valence-electron chi connectivity index (χ0n) is 14.5. The minimum atomic E-state index is 0.0357. The van der Waals surface area contributed by atoms with Gasteiger partial charge >= 0.3 is 0 Å². The van der Waals surface area contributed by atoms with E-state index >= 15 is 0 Å². The van der Waals surface area contributed by atoms with Crippen LogP contribution in [0.3, 0.4) is 0 Å². The maximum atomic E-state index is 12.5. The van der Waals surface area contributed by atoms with Gasteiger partial charge in [-0.15, -0.1) is 0 Å². The monoisotopic (exact) mass is 429 g/mol. The highest BCUT2D eigenvalue weighted by molar-refractivity contribution is 8.85. The van der Waals surface area contributed by atoms with Crippen molar-refractivity contribution in [2.45, 2.75) is 20.8 Å². The third kappa shape index (κ3) is 7.58. The smallest absolute Gasteiger partial charge is 0.226 e. The zero-order chi connectivity index (χ0) is 18.7. The summed E-state index contributed by atoms with van der Waals surface area (Å²) in [5.74, 6) is 0.0357. The molecule has 0 saturated heterocycles. The van der Waals surface area contributed by atoms with E-state index in [0.29, 0.717) is 6.42 Å². The summed E-state index contributed by atoms with van der Waals surface area (Å²) in [6, 6.07) is 30.1. The number of nitrogens with one attached hydrogen (secondary N) is 1. The minimum Gasteiger partial charge on any atom is -0.326 e. The Hall–Kier alpha value is -1.47. The van der Waals surface area contributed by atoms with Crippen LogP contribution in [-0.4, -0.2) is 10.5 Å². The summed E-state index contributed by atoms with van der Waals surface area (Å²) in [4.78, 5) is 14.9. The Morgan fingerprint density at radius 2 is 1.15 bits per heavy atom. The highest BCUT2D eigenvalue weighted by atomic mass is 33.1. The summed E-state index contributed by atoms with van der Waals surface area (Å²) in [7, 11) is 6.89. The molecule has 0 bridgehead atoms. The SMILES string of the molecule is O=C(CC(SSc1ccccc1)SSc1ccccc1)Nc1ccccc1. The zero-order valence-corrected chi connectivity index (χ0v) is 17.8. The van der Waals surface area contributed by atoms with Crippen molar-refractivity contribution in [2.24, 2.45) is 0 Å². The van der Waals surface area contributed by atoms with Crippen molar-refractivity contribution in [3.05, 3.63) is 91.0 Å². The largest absolute Gasteiger partial charge is 0.326 e. The lowest BCUT2D eigenvalue weighted by atomic mass is 10.3. The average Bonchev–Trinajstić information content (AvgIpc) is 2.72. The summed E-state index contributed by atoms with van der Waals surface area (Å²) in [6.45, 7) is 0. The van der Waals surface area contributed by atoms with E-state index in [-0.39, 0.29) is 10.5 Å². The highest BCUT2D eigenvalue weighted by Crippen LogP contribution is 2.46. The first kappa shape index (κ1) is 20.3. The van der Waals surface area contributed by atoms with Gasteiger partial charge in [0.05, 0.1) is 4.58 Å². The number of hydrogen-bond donors (Lipinski definition) is 1. The predicted octanol–water partition coefficient (Wildman–Crippen LogP) is 7.22. The summed E-state index contributed by atoms with van der Waals surface area (Å²) < 4.78 is 0.129. The van der Waals surface area contributed by atoms with Gasteiger partial charge in [0.1, 0.15) is 0 Å². The van der Waals surface area contributed by atoms with Gasteiger partial charge in [0.2, 0.25) is 5.91 Å². The van der Waals surface area contributed by atoms with Crippen LogP contribution < -0.4 is 5.32 Å². The van der Waals surface area contributed by atoms with Gasteiger partial charge in [0.25, 0.3) is 0 Å². The molecule has 3 aromatic rings. The molecule has 0 aliphatic rings. The van der Waals surface area contributed by atoms with Gasteiger partial charge in [-0.1, -0.05) is 97.8 Å². The molecule has 2 nitrogen and oxygen atoms in total. The quantitative estimate of drug-likeness (QED) is 0.286. The van der Waals surface area contributed by atoms with E-state index in [0.717, 1.165) is 5.69 Å². The minimum absolute atomic E-state index is 0.0357. The normalized spacial score (nSPS) is 10.7. The molecule has 138 valence electrons. The standard InChI is InChI=1S/C21H19NOS4/c23-20(22-17-10-4-1-5-11-17)16-21(26-24-18-12-6-2-7-13-18)27-25-19-14-8-3-9-15-19/h1-15,21H,16H2,(H,22,23). The van der Waals surface area contributed by atoms with Crippen LogP contribution in [0.2, 0.25) is 0 Å². The first-order valence-electron chi connectivity index (χ1n) is 8.41. The number of para-hydroxylation sites is 1. The van der Waals surface area contributed by atoms with Crippen LogP contribution in [0.5, 0.6) is 0 Å². The van der Waals surface area contributed by atoms with Crippen LogP contribution in [0.4, 0.5) is 5.69 Å². The fourth-order valence-corrected chi connectivity index (χ4v) is 7.93. The van der Waals surface area contributed by atoms with Gasteiger partial charge in [-0.05, 0) is 36.4 Å². The van der Waals surface area contributed by atoms with E-state index in [2.05, 4.69) is 29.6 Å². The van der Waals surface area contributed by atoms with Gasteiger partial charge < -0.3 is 5.32 Å². The third-order valence-electron chi connectivity index (χ3n) is 3.40. The molecule has 3 rings (SSSR count). The van der Waals surface area contributed by atoms with Crippen molar-refractivity contribution < 1.29 is 4.79 Å². The van der Waals surface area contributed by atoms with Crippen LogP contribution in [0.1, 0.15) is 6.42 Å². The molecule has 0 heterocycles. The Bertz CT molecular complexity index is 772. The number of anilines is 1. The fraction of sp³-hybridized carbons (Fsp3) is 0.0952. The summed E-state index contributed by atoms with van der Waals surface area (Å²) in [5, 5.41) is 2.98. The Morgan fingerprint density at radius 1 is 0.704 bits per heavy atom. The second-order valence-corrected chi connectivity index (χ2v) is 10.8. The van der Waals surface area contributed by atoms with Crippen molar-refractivity contribution in [3.8, 4) is 0 Å². The van der Waals surface area contributed by atoms with Gasteiger partial charge in [-0.2, -0.15) is 0 Å². The average molecular weight is 430 g/mol. The third-order valence-corrected chi connectivity index (χ3v) is 9.72. The molecule has 0 aromatic heterocycles. The van der Waals surface area contributed by atoms with Crippen LogP contribution in [0.15, 0.2) is 101 Å². The molecule has 0 saturated carbocycles. The summed E-state index contributed by atoms with van der Waals surface area (Å²) >= 11 is 0. The van der Waals surface area contributed by atoms with E-state index in [1.165, 1.54) is 9.79 Å². The maximum absolute atomic E-state index is 12.5. The van der Waals surface area contributed by atoms with Crippen molar-refractivity contribution in [1.82, 2.24) is 0 Å². The maximum Gasteiger partial charge on any atom is 0.226 e. The number of amides is 1. The first-order valence-corrected chi connectivity index (χ1v) is 12.8. The second-order valence-electron chi connectivity index (χ2n) is 5.53. The van der Waals surface area contributed by atoms with Crippen molar-refractivity contribution in [2.75, 3.05) is 5.32 Å². The van der Waals surface area contributed by atoms with Crippen molar-refractivity contribution in [1.29, 1.82) is 0 Å². The molecular formula is C21H19NOS4. The molecule has 6 heteroatoms. The van der Waals surface area contributed by atoms with E-state index in [9.17, 15) is 4.79 Å². The molecule has 3 aromatic carbocycles. The topological polar surface area (TPSA) is 29.1 Å². The van der Waals surface area contributed by atoms with Crippen LogP contribution in [0.25, 0.3) is 0 Å². The first-order chi connectivity index (χ1) is 13.3. The lowest BCUT2D eigenvalue weighted by Crippen LogP contribution is -2.15. The highest BCUT2D eigenvalue weighted by Gasteiger charge is 2.17. The van der Waals surface area contributed by atoms with E-state index in [1.54, 1.807) is 43.2 Å². The van der Waals surface area contributed by atoms with Crippen LogP contribution >= 0.6 is 43.2 Å².